The number of nitrogens with one attached hydrogen (secondary N) is 2. The van der Waals surface area contributed by atoms with Gasteiger partial charge in [0.25, 0.3) is 5.91 Å². The van der Waals surface area contributed by atoms with Gasteiger partial charge in [0, 0.05) is 86.2 Å². The normalized spacial score (nSPS) is 14.5. The summed E-state index contributed by atoms with van der Waals surface area (Å²) in [6.45, 7) is 5.16. The molecule has 0 radical (unpaired) electrons. The van der Waals surface area contributed by atoms with E-state index in [0.717, 1.165) is 52.7 Å². The van der Waals surface area contributed by atoms with Crippen LogP contribution in [-0.2, 0) is 19.8 Å². The number of piperazine rings is 1. The zero-order valence-electron chi connectivity index (χ0n) is 25.3. The third-order valence-corrected chi connectivity index (χ3v) is 8.25. The first-order valence-corrected chi connectivity index (χ1v) is 14.7. The molecule has 6 rings (SSSR count). The molecule has 0 bridgehead atoms. The number of carbonyl (C=O) groups excluding carboxylic acids is 1. The number of fused-ring (bicyclic) bond motifs is 1. The van der Waals surface area contributed by atoms with Crippen molar-refractivity contribution in [2.45, 2.75) is 19.6 Å². The van der Waals surface area contributed by atoms with E-state index in [2.05, 4.69) is 20.5 Å². The van der Waals surface area contributed by atoms with Gasteiger partial charge in [-0.1, -0.05) is 12.1 Å². The number of rotatable bonds is 7. The van der Waals surface area contributed by atoms with Gasteiger partial charge in [0.1, 0.15) is 5.65 Å². The second-order valence-corrected chi connectivity index (χ2v) is 11.5. The third kappa shape index (κ3) is 6.69. The van der Waals surface area contributed by atoms with Crippen LogP contribution in [0, 0.1) is 6.92 Å². The lowest BCUT2D eigenvalue weighted by Gasteiger charge is -2.33. The molecule has 0 aliphatic carbocycles. The van der Waals surface area contributed by atoms with E-state index >= 15 is 0 Å². The van der Waals surface area contributed by atoms with E-state index in [1.54, 1.807) is 24.5 Å². The lowest BCUT2D eigenvalue weighted by atomic mass is 10.0. The van der Waals surface area contributed by atoms with Crippen molar-refractivity contribution in [3.63, 3.8) is 0 Å². The molecule has 1 saturated heterocycles. The fourth-order valence-corrected chi connectivity index (χ4v) is 5.55. The van der Waals surface area contributed by atoms with E-state index < -0.39 is 17.6 Å². The minimum Gasteiger partial charge on any atom is -0.355 e. The van der Waals surface area contributed by atoms with Gasteiger partial charge in [0.15, 0.2) is 0 Å². The highest BCUT2D eigenvalue weighted by Gasteiger charge is 2.34. The highest BCUT2D eigenvalue weighted by atomic mass is 19.4. The van der Waals surface area contributed by atoms with Crippen LogP contribution in [0.5, 0.6) is 0 Å². The summed E-state index contributed by atoms with van der Waals surface area (Å²) in [5, 5.41) is 7.05. The molecule has 5 aromatic rings. The molecular formula is C34H34F3N7O. The van der Waals surface area contributed by atoms with Gasteiger partial charge in [-0.25, -0.2) is 4.98 Å². The van der Waals surface area contributed by atoms with Gasteiger partial charge < -0.3 is 20.1 Å². The Hall–Kier alpha value is -4.74. The SMILES string of the molecule is Cc1ccc(C(=O)Nc2ccc(CN3CCN(C)CC3)c(C(F)(F)F)c2)cc1Nc1cc(-c2ccncc2)nc2c1ccn2C. The van der Waals surface area contributed by atoms with Gasteiger partial charge in [-0.15, -0.1) is 0 Å². The maximum Gasteiger partial charge on any atom is 0.416 e. The Morgan fingerprint density at radius 1 is 0.911 bits per heavy atom. The first kappa shape index (κ1) is 30.3. The number of hydrogen-bond donors (Lipinski definition) is 2. The Labute approximate surface area is 259 Å². The third-order valence-electron chi connectivity index (χ3n) is 8.25. The molecule has 2 aromatic carbocycles. The van der Waals surface area contributed by atoms with E-state index in [4.69, 9.17) is 4.98 Å². The van der Waals surface area contributed by atoms with Crippen molar-refractivity contribution >= 4 is 34.0 Å². The summed E-state index contributed by atoms with van der Waals surface area (Å²) < 4.78 is 44.2. The lowest BCUT2D eigenvalue weighted by Crippen LogP contribution is -2.44. The van der Waals surface area contributed by atoms with Crippen molar-refractivity contribution in [3.05, 3.63) is 102 Å². The number of hydrogen-bond acceptors (Lipinski definition) is 6. The molecule has 45 heavy (non-hydrogen) atoms. The van der Waals surface area contributed by atoms with Crippen molar-refractivity contribution in [2.24, 2.45) is 7.05 Å². The Bertz CT molecular complexity index is 1840. The van der Waals surface area contributed by atoms with E-state index in [-0.39, 0.29) is 17.8 Å². The number of benzene rings is 2. The van der Waals surface area contributed by atoms with Crippen LogP contribution in [0.1, 0.15) is 27.0 Å². The number of alkyl halides is 3. The van der Waals surface area contributed by atoms with Crippen molar-refractivity contribution in [1.82, 2.24) is 24.3 Å². The zero-order chi connectivity index (χ0) is 31.7. The summed E-state index contributed by atoms with van der Waals surface area (Å²) in [5.41, 5.74) is 4.71. The van der Waals surface area contributed by atoms with E-state index in [9.17, 15) is 18.0 Å². The van der Waals surface area contributed by atoms with Crippen LogP contribution in [0.2, 0.25) is 0 Å². The predicted octanol–water partition coefficient (Wildman–Crippen LogP) is 6.71. The number of aryl methyl sites for hydroxylation is 2. The highest BCUT2D eigenvalue weighted by molar-refractivity contribution is 6.05. The molecule has 0 spiro atoms. The summed E-state index contributed by atoms with van der Waals surface area (Å²) in [6.07, 6.45) is 0.808. The van der Waals surface area contributed by atoms with E-state index in [1.165, 1.54) is 12.1 Å². The van der Waals surface area contributed by atoms with E-state index in [0.29, 0.717) is 24.3 Å². The lowest BCUT2D eigenvalue weighted by molar-refractivity contribution is -0.138. The van der Waals surface area contributed by atoms with Gasteiger partial charge in [0.05, 0.1) is 16.9 Å². The quantitative estimate of drug-likeness (QED) is 0.213. The number of pyridine rings is 2. The average Bonchev–Trinajstić information content (AvgIpc) is 3.40. The fourth-order valence-electron chi connectivity index (χ4n) is 5.55. The molecule has 232 valence electrons. The van der Waals surface area contributed by atoms with Crippen LogP contribution in [0.4, 0.5) is 30.2 Å². The topological polar surface area (TPSA) is 78.3 Å². The van der Waals surface area contributed by atoms with Gasteiger partial charge in [0.2, 0.25) is 0 Å². The summed E-state index contributed by atoms with van der Waals surface area (Å²) in [7, 11) is 3.93. The van der Waals surface area contributed by atoms with Gasteiger partial charge >= 0.3 is 6.18 Å². The van der Waals surface area contributed by atoms with Gasteiger partial charge in [-0.05, 0) is 73.6 Å². The molecule has 2 N–H and O–H groups in total. The molecule has 1 amide bonds. The van der Waals surface area contributed by atoms with Crippen LogP contribution >= 0.6 is 0 Å². The summed E-state index contributed by atoms with van der Waals surface area (Å²) in [5.74, 6) is -0.505. The van der Waals surface area contributed by atoms with Crippen LogP contribution in [0.25, 0.3) is 22.3 Å². The molecule has 11 heteroatoms. The molecule has 4 heterocycles. The van der Waals surface area contributed by atoms with Crippen molar-refractivity contribution in [3.8, 4) is 11.3 Å². The minimum atomic E-state index is -4.55. The molecule has 8 nitrogen and oxygen atoms in total. The monoisotopic (exact) mass is 613 g/mol. The van der Waals surface area contributed by atoms with Gasteiger partial charge in [-0.2, -0.15) is 13.2 Å². The molecular weight excluding hydrogens is 579 g/mol. The molecule has 0 unspecified atom stereocenters. The number of aromatic nitrogens is 3. The molecule has 0 atom stereocenters. The van der Waals surface area contributed by atoms with Gasteiger partial charge in [-0.3, -0.25) is 14.7 Å². The molecule has 1 aliphatic rings. The number of amides is 1. The number of halogens is 3. The standard InChI is InChI=1S/C34H34F3N7O/c1-22-4-5-24(18-29(22)40-31-20-30(23-8-11-38-12-9-23)41-32-27(31)10-13-43(32)3)33(45)39-26-7-6-25(28(19-26)34(35,36)37)21-44-16-14-42(2)15-17-44/h4-13,18-20H,14-17,21H2,1-3H3,(H,39,45)(H,40,41). The Morgan fingerprint density at radius 3 is 2.40 bits per heavy atom. The Balaban J connectivity index is 1.25. The fraction of sp³-hybridized carbons (Fsp3) is 0.265. The highest BCUT2D eigenvalue weighted by Crippen LogP contribution is 2.35. The zero-order valence-corrected chi connectivity index (χ0v) is 25.3. The number of nitrogens with zero attached hydrogens (tertiary/aromatic N) is 5. The first-order chi connectivity index (χ1) is 21.5. The minimum absolute atomic E-state index is 0.0895. The molecule has 1 fully saturated rings. The average molecular weight is 614 g/mol. The van der Waals surface area contributed by atoms with Crippen molar-refractivity contribution in [1.29, 1.82) is 0 Å². The number of anilines is 3. The van der Waals surface area contributed by atoms with Crippen LogP contribution in [0.3, 0.4) is 0 Å². The molecule has 0 saturated carbocycles. The maximum absolute atomic E-state index is 14.1. The number of likely N-dealkylation sites (N-methyl/N-ethyl adjacent to an activating group) is 1. The maximum atomic E-state index is 14.1. The second kappa shape index (κ2) is 12.3. The number of carbonyl (C=O) groups is 1. The molecule has 1 aliphatic heterocycles. The van der Waals surface area contributed by atoms with Crippen molar-refractivity contribution in [2.75, 3.05) is 43.9 Å². The Morgan fingerprint density at radius 2 is 1.67 bits per heavy atom. The summed E-state index contributed by atoms with van der Waals surface area (Å²) >= 11 is 0. The summed E-state index contributed by atoms with van der Waals surface area (Å²) in [6, 6.07) is 16.9. The van der Waals surface area contributed by atoms with Crippen LogP contribution in [0.15, 0.2) is 79.3 Å². The van der Waals surface area contributed by atoms with Crippen molar-refractivity contribution < 1.29 is 18.0 Å². The predicted molar refractivity (Wildman–Crippen MR) is 171 cm³/mol. The summed E-state index contributed by atoms with van der Waals surface area (Å²) in [4.78, 5) is 26.4. The van der Waals surface area contributed by atoms with Crippen LogP contribution < -0.4 is 10.6 Å². The van der Waals surface area contributed by atoms with Crippen LogP contribution in [-0.4, -0.2) is 63.5 Å². The van der Waals surface area contributed by atoms with E-state index in [1.807, 2.05) is 67.0 Å². The molecule has 3 aromatic heterocycles. The Kier molecular flexibility index (Phi) is 8.30. The second-order valence-electron chi connectivity index (χ2n) is 11.5. The smallest absolute Gasteiger partial charge is 0.355 e. The first-order valence-electron chi connectivity index (χ1n) is 14.7. The largest absolute Gasteiger partial charge is 0.416 e.